The van der Waals surface area contributed by atoms with Gasteiger partial charge in [-0.2, -0.15) is 0 Å². The summed E-state index contributed by atoms with van der Waals surface area (Å²) in [7, 11) is 1.95. The van der Waals surface area contributed by atoms with Crippen molar-refractivity contribution in [1.82, 2.24) is 19.7 Å². The van der Waals surface area contributed by atoms with Gasteiger partial charge in [0.2, 0.25) is 0 Å². The Balaban J connectivity index is 1.56. The number of hydrogen-bond donors (Lipinski definition) is 0. The van der Waals surface area contributed by atoms with Gasteiger partial charge in [-0.1, -0.05) is 29.4 Å². The molecule has 1 aromatic carbocycles. The fourth-order valence-corrected chi connectivity index (χ4v) is 2.94. The Morgan fingerprint density at radius 1 is 1.22 bits per heavy atom. The molecule has 0 aliphatic rings. The van der Waals surface area contributed by atoms with E-state index < -0.39 is 0 Å². The molecule has 0 amide bonds. The van der Waals surface area contributed by atoms with Crippen LogP contribution >= 0.6 is 23.4 Å². The lowest BCUT2D eigenvalue weighted by molar-refractivity contribution is 0.344. The number of ether oxygens (including phenoxy) is 1. The zero-order valence-electron chi connectivity index (χ0n) is 12.5. The van der Waals surface area contributed by atoms with E-state index >= 15 is 0 Å². The number of thioether (sulfide) groups is 1. The molecule has 7 heteroatoms. The van der Waals surface area contributed by atoms with Crippen molar-refractivity contribution in [2.75, 3.05) is 12.4 Å². The molecule has 0 saturated heterocycles. The highest BCUT2D eigenvalue weighted by molar-refractivity contribution is 7.99. The summed E-state index contributed by atoms with van der Waals surface area (Å²) in [4.78, 5) is 4.11. The molecule has 2 aromatic heterocycles. The van der Waals surface area contributed by atoms with Crippen molar-refractivity contribution >= 4 is 23.4 Å². The molecular formula is C16H15ClN4OS. The zero-order chi connectivity index (χ0) is 16.1. The van der Waals surface area contributed by atoms with Gasteiger partial charge in [-0.15, -0.1) is 10.2 Å². The average Bonchev–Trinajstić information content (AvgIpc) is 2.93. The molecule has 3 aromatic rings. The highest BCUT2D eigenvalue weighted by Crippen LogP contribution is 2.22. The van der Waals surface area contributed by atoms with Crippen LogP contribution < -0.4 is 4.74 Å². The van der Waals surface area contributed by atoms with Crippen molar-refractivity contribution in [2.45, 2.75) is 5.16 Å². The van der Waals surface area contributed by atoms with E-state index in [9.17, 15) is 0 Å². The fraction of sp³-hybridized carbons (Fsp3) is 0.188. The number of hydrogen-bond acceptors (Lipinski definition) is 5. The van der Waals surface area contributed by atoms with Crippen molar-refractivity contribution in [3.63, 3.8) is 0 Å². The van der Waals surface area contributed by atoms with Crippen LogP contribution in [0.1, 0.15) is 0 Å². The Kier molecular flexibility index (Phi) is 5.15. The van der Waals surface area contributed by atoms with E-state index in [0.717, 1.165) is 28.0 Å². The maximum Gasteiger partial charge on any atom is 0.191 e. The maximum absolute atomic E-state index is 5.92. The number of rotatable bonds is 6. The molecule has 0 radical (unpaired) electrons. The van der Waals surface area contributed by atoms with E-state index in [-0.39, 0.29) is 0 Å². The third-order valence-electron chi connectivity index (χ3n) is 3.13. The molecule has 23 heavy (non-hydrogen) atoms. The van der Waals surface area contributed by atoms with Crippen molar-refractivity contribution in [3.05, 3.63) is 53.8 Å². The van der Waals surface area contributed by atoms with Crippen LogP contribution in [0.4, 0.5) is 0 Å². The van der Waals surface area contributed by atoms with Crippen LogP contribution in [0.5, 0.6) is 5.75 Å². The van der Waals surface area contributed by atoms with Gasteiger partial charge in [-0.05, 0) is 30.3 Å². The molecule has 0 aliphatic heterocycles. The second kappa shape index (κ2) is 7.48. The van der Waals surface area contributed by atoms with Crippen molar-refractivity contribution in [3.8, 4) is 17.1 Å². The minimum absolute atomic E-state index is 0.570. The van der Waals surface area contributed by atoms with Gasteiger partial charge < -0.3 is 9.30 Å². The number of pyridine rings is 1. The maximum atomic E-state index is 5.92. The minimum atomic E-state index is 0.570. The number of nitrogens with zero attached hydrogens (tertiary/aromatic N) is 4. The van der Waals surface area contributed by atoms with Crippen LogP contribution in [0.15, 0.2) is 53.9 Å². The van der Waals surface area contributed by atoms with Gasteiger partial charge in [-0.3, -0.25) is 4.98 Å². The van der Waals surface area contributed by atoms with Crippen molar-refractivity contribution < 1.29 is 4.74 Å². The Hall–Kier alpha value is -2.05. The molecular weight excluding hydrogens is 332 g/mol. The van der Waals surface area contributed by atoms with Gasteiger partial charge in [0.1, 0.15) is 5.75 Å². The number of halogens is 1. The Morgan fingerprint density at radius 2 is 2.13 bits per heavy atom. The van der Waals surface area contributed by atoms with Gasteiger partial charge in [-0.25, -0.2) is 0 Å². The predicted octanol–water partition coefficient (Wildman–Crippen LogP) is 3.70. The summed E-state index contributed by atoms with van der Waals surface area (Å²) in [5.41, 5.74) is 0.949. The van der Waals surface area contributed by atoms with Crippen LogP contribution in [0, 0.1) is 0 Å². The average molecular weight is 347 g/mol. The lowest BCUT2D eigenvalue weighted by Crippen LogP contribution is -2.02. The molecule has 5 nitrogen and oxygen atoms in total. The standard InChI is InChI=1S/C16H15ClN4OS/c1-21-15(12-4-3-7-18-11-12)19-20-16(21)23-9-8-22-14-6-2-5-13(17)10-14/h2-7,10-11H,8-9H2,1H3. The predicted molar refractivity (Wildman–Crippen MR) is 91.9 cm³/mol. The molecule has 0 atom stereocenters. The molecule has 0 bridgehead atoms. The third kappa shape index (κ3) is 4.03. The fourth-order valence-electron chi connectivity index (χ4n) is 2.04. The Morgan fingerprint density at radius 3 is 2.91 bits per heavy atom. The molecule has 2 heterocycles. The number of aromatic nitrogens is 4. The lowest BCUT2D eigenvalue weighted by Gasteiger charge is -2.06. The minimum Gasteiger partial charge on any atom is -0.493 e. The highest BCUT2D eigenvalue weighted by atomic mass is 35.5. The molecule has 0 aliphatic carbocycles. The molecule has 0 spiro atoms. The van der Waals surface area contributed by atoms with Gasteiger partial charge in [0.15, 0.2) is 11.0 Å². The molecule has 0 saturated carbocycles. The van der Waals surface area contributed by atoms with E-state index in [2.05, 4.69) is 15.2 Å². The largest absolute Gasteiger partial charge is 0.493 e. The van der Waals surface area contributed by atoms with E-state index in [4.69, 9.17) is 16.3 Å². The highest BCUT2D eigenvalue weighted by Gasteiger charge is 2.11. The topological polar surface area (TPSA) is 52.8 Å². The quantitative estimate of drug-likeness (QED) is 0.503. The molecule has 0 fully saturated rings. The van der Waals surface area contributed by atoms with Gasteiger partial charge in [0.05, 0.1) is 6.61 Å². The van der Waals surface area contributed by atoms with E-state index in [0.29, 0.717) is 11.6 Å². The van der Waals surface area contributed by atoms with Gasteiger partial charge in [0, 0.05) is 35.8 Å². The second-order valence-electron chi connectivity index (χ2n) is 4.76. The van der Waals surface area contributed by atoms with E-state index in [1.54, 1.807) is 30.2 Å². The summed E-state index contributed by atoms with van der Waals surface area (Å²) in [5.74, 6) is 2.34. The van der Waals surface area contributed by atoms with Gasteiger partial charge in [0.25, 0.3) is 0 Å². The van der Waals surface area contributed by atoms with Crippen molar-refractivity contribution in [2.24, 2.45) is 7.05 Å². The smallest absolute Gasteiger partial charge is 0.191 e. The first-order valence-electron chi connectivity index (χ1n) is 7.05. The molecule has 0 unspecified atom stereocenters. The van der Waals surface area contributed by atoms with Crippen LogP contribution in [0.3, 0.4) is 0 Å². The summed E-state index contributed by atoms with van der Waals surface area (Å²) in [5, 5.41) is 9.97. The Bertz CT molecular complexity index is 779. The zero-order valence-corrected chi connectivity index (χ0v) is 14.1. The third-order valence-corrected chi connectivity index (χ3v) is 4.35. The molecule has 0 N–H and O–H groups in total. The van der Waals surface area contributed by atoms with Crippen LogP contribution in [-0.4, -0.2) is 32.1 Å². The van der Waals surface area contributed by atoms with E-state index in [1.807, 2.05) is 41.9 Å². The van der Waals surface area contributed by atoms with Gasteiger partial charge >= 0.3 is 0 Å². The lowest BCUT2D eigenvalue weighted by atomic mass is 10.3. The first kappa shape index (κ1) is 15.8. The normalized spacial score (nSPS) is 10.7. The first-order chi connectivity index (χ1) is 11.2. The molecule has 118 valence electrons. The summed E-state index contributed by atoms with van der Waals surface area (Å²) >= 11 is 7.52. The summed E-state index contributed by atoms with van der Waals surface area (Å²) in [6.07, 6.45) is 3.52. The van der Waals surface area contributed by atoms with Crippen molar-refractivity contribution in [1.29, 1.82) is 0 Å². The van der Waals surface area contributed by atoms with E-state index in [1.165, 1.54) is 0 Å². The second-order valence-corrected chi connectivity index (χ2v) is 6.26. The summed E-state index contributed by atoms with van der Waals surface area (Å²) in [6.45, 7) is 0.570. The van der Waals surface area contributed by atoms with Crippen LogP contribution in [0.2, 0.25) is 5.02 Å². The van der Waals surface area contributed by atoms with Crippen LogP contribution in [0.25, 0.3) is 11.4 Å². The monoisotopic (exact) mass is 346 g/mol. The summed E-state index contributed by atoms with van der Waals surface area (Å²) < 4.78 is 7.63. The van der Waals surface area contributed by atoms with Crippen LogP contribution in [-0.2, 0) is 7.05 Å². The Labute approximate surface area is 143 Å². The summed E-state index contributed by atoms with van der Waals surface area (Å²) in [6, 6.07) is 11.2. The molecule has 3 rings (SSSR count). The first-order valence-corrected chi connectivity index (χ1v) is 8.41. The number of benzene rings is 1. The SMILES string of the molecule is Cn1c(SCCOc2cccc(Cl)c2)nnc1-c1cccnc1.